The van der Waals surface area contributed by atoms with Crippen molar-refractivity contribution in [1.29, 1.82) is 0 Å². The van der Waals surface area contributed by atoms with Crippen molar-refractivity contribution < 1.29 is 18.0 Å². The molecule has 0 N–H and O–H groups in total. The molecule has 0 aliphatic carbocycles. The summed E-state index contributed by atoms with van der Waals surface area (Å²) in [4.78, 5) is 14.6. The summed E-state index contributed by atoms with van der Waals surface area (Å²) >= 11 is 5.25. The first-order chi connectivity index (χ1) is 7.88. The number of carbonyl (C=O) groups is 1. The average molecular weight is 260 g/mol. The predicted octanol–water partition coefficient (Wildman–Crippen LogP) is 3.63. The Morgan fingerprint density at radius 1 is 1.24 bits per heavy atom. The Balaban J connectivity index is 2.58. The third kappa shape index (κ3) is 2.39. The SMILES string of the molecule is O=C(Cl)c1cnc2cc(C(F)(F)F)ccc2c1. The summed E-state index contributed by atoms with van der Waals surface area (Å²) in [6, 6.07) is 4.52. The molecular weight excluding hydrogens is 255 g/mol. The van der Waals surface area contributed by atoms with Crippen molar-refractivity contribution in [3.8, 4) is 0 Å². The van der Waals surface area contributed by atoms with Crippen molar-refractivity contribution in [2.45, 2.75) is 6.18 Å². The van der Waals surface area contributed by atoms with Gasteiger partial charge in [0.05, 0.1) is 16.6 Å². The minimum atomic E-state index is -4.41. The quantitative estimate of drug-likeness (QED) is 0.732. The van der Waals surface area contributed by atoms with Gasteiger partial charge in [0, 0.05) is 11.6 Å². The van der Waals surface area contributed by atoms with Crippen molar-refractivity contribution in [1.82, 2.24) is 4.98 Å². The Kier molecular flexibility index (Phi) is 2.79. The van der Waals surface area contributed by atoms with E-state index in [2.05, 4.69) is 4.98 Å². The zero-order valence-corrected chi connectivity index (χ0v) is 9.01. The van der Waals surface area contributed by atoms with Crippen molar-refractivity contribution in [2.24, 2.45) is 0 Å². The van der Waals surface area contributed by atoms with Crippen LogP contribution in [0.4, 0.5) is 13.2 Å². The lowest BCUT2D eigenvalue weighted by Gasteiger charge is -2.07. The van der Waals surface area contributed by atoms with Crippen molar-refractivity contribution in [2.75, 3.05) is 0 Å². The van der Waals surface area contributed by atoms with Gasteiger partial charge in [-0.3, -0.25) is 9.78 Å². The van der Waals surface area contributed by atoms with Crippen LogP contribution in [0.15, 0.2) is 30.5 Å². The van der Waals surface area contributed by atoms with Crippen molar-refractivity contribution in [3.05, 3.63) is 41.6 Å². The van der Waals surface area contributed by atoms with E-state index >= 15 is 0 Å². The molecule has 0 unspecified atom stereocenters. The van der Waals surface area contributed by atoms with Gasteiger partial charge in [-0.25, -0.2) is 0 Å². The molecule has 2 aromatic rings. The first kappa shape index (κ1) is 11.9. The number of nitrogens with zero attached hydrogens (tertiary/aromatic N) is 1. The van der Waals surface area contributed by atoms with Crippen LogP contribution in [0.25, 0.3) is 10.9 Å². The monoisotopic (exact) mass is 259 g/mol. The van der Waals surface area contributed by atoms with E-state index in [9.17, 15) is 18.0 Å². The van der Waals surface area contributed by atoms with Gasteiger partial charge in [0.1, 0.15) is 0 Å². The van der Waals surface area contributed by atoms with Crippen LogP contribution in [0.5, 0.6) is 0 Å². The topological polar surface area (TPSA) is 30.0 Å². The smallest absolute Gasteiger partial charge is 0.276 e. The fraction of sp³-hybridized carbons (Fsp3) is 0.0909. The summed E-state index contributed by atoms with van der Waals surface area (Å²) in [7, 11) is 0. The van der Waals surface area contributed by atoms with E-state index in [1.807, 2.05) is 0 Å². The van der Waals surface area contributed by atoms with Gasteiger partial charge < -0.3 is 0 Å². The molecule has 0 saturated heterocycles. The molecule has 6 heteroatoms. The van der Waals surface area contributed by atoms with Gasteiger partial charge in [0.15, 0.2) is 0 Å². The molecule has 1 aromatic carbocycles. The maximum atomic E-state index is 12.4. The summed E-state index contributed by atoms with van der Waals surface area (Å²) in [6.07, 6.45) is -3.26. The Morgan fingerprint density at radius 3 is 2.53 bits per heavy atom. The van der Waals surface area contributed by atoms with Crippen LogP contribution in [0.1, 0.15) is 15.9 Å². The van der Waals surface area contributed by atoms with E-state index in [-0.39, 0.29) is 11.1 Å². The third-order valence-corrected chi connectivity index (χ3v) is 2.46. The van der Waals surface area contributed by atoms with Gasteiger partial charge in [0.2, 0.25) is 0 Å². The number of aromatic nitrogens is 1. The number of carbonyl (C=O) groups excluding carboxylic acids is 1. The third-order valence-electron chi connectivity index (χ3n) is 2.24. The van der Waals surface area contributed by atoms with Crippen LogP contribution < -0.4 is 0 Å². The predicted molar refractivity (Wildman–Crippen MR) is 56.9 cm³/mol. The first-order valence-corrected chi connectivity index (χ1v) is 4.92. The lowest BCUT2D eigenvalue weighted by molar-refractivity contribution is -0.137. The van der Waals surface area contributed by atoms with Crippen LogP contribution in [-0.4, -0.2) is 10.2 Å². The van der Waals surface area contributed by atoms with E-state index < -0.39 is 17.0 Å². The van der Waals surface area contributed by atoms with E-state index in [1.165, 1.54) is 12.1 Å². The second kappa shape index (κ2) is 4.00. The highest BCUT2D eigenvalue weighted by atomic mass is 35.5. The Labute approximate surface area is 99.0 Å². The molecule has 0 saturated carbocycles. The lowest BCUT2D eigenvalue weighted by atomic mass is 10.1. The lowest BCUT2D eigenvalue weighted by Crippen LogP contribution is -2.04. The standard InChI is InChI=1S/C11H5ClF3NO/c12-10(17)7-3-6-1-2-8(11(13,14)15)4-9(6)16-5-7/h1-5H. The molecule has 17 heavy (non-hydrogen) atoms. The molecule has 88 valence electrons. The minimum absolute atomic E-state index is 0.152. The molecule has 2 rings (SSSR count). The van der Waals surface area contributed by atoms with Gasteiger partial charge >= 0.3 is 6.18 Å². The highest BCUT2D eigenvalue weighted by Gasteiger charge is 2.30. The van der Waals surface area contributed by atoms with E-state index in [4.69, 9.17) is 11.6 Å². The molecule has 0 radical (unpaired) electrons. The van der Waals surface area contributed by atoms with Gasteiger partial charge in [-0.05, 0) is 29.8 Å². The Bertz CT molecular complexity index is 595. The second-order valence-corrected chi connectivity index (χ2v) is 3.75. The highest BCUT2D eigenvalue weighted by Crippen LogP contribution is 2.31. The summed E-state index contributed by atoms with van der Waals surface area (Å²) < 4.78 is 37.3. The molecule has 1 aromatic heterocycles. The summed E-state index contributed by atoms with van der Waals surface area (Å²) in [6.45, 7) is 0. The van der Waals surface area contributed by atoms with Crippen LogP contribution in [0, 0.1) is 0 Å². The molecule has 0 atom stereocenters. The number of halogens is 4. The highest BCUT2D eigenvalue weighted by molar-refractivity contribution is 6.67. The molecule has 0 aliphatic rings. The number of alkyl halides is 3. The number of benzene rings is 1. The number of hydrogen-bond acceptors (Lipinski definition) is 2. The minimum Gasteiger partial charge on any atom is -0.276 e. The van der Waals surface area contributed by atoms with Gasteiger partial charge in [-0.15, -0.1) is 0 Å². The number of hydrogen-bond donors (Lipinski definition) is 0. The zero-order valence-electron chi connectivity index (χ0n) is 8.25. The number of pyridine rings is 1. The Hall–Kier alpha value is -1.62. The van der Waals surface area contributed by atoms with Crippen LogP contribution in [0.2, 0.25) is 0 Å². The van der Waals surface area contributed by atoms with E-state index in [0.717, 1.165) is 18.3 Å². The van der Waals surface area contributed by atoms with Crippen molar-refractivity contribution >= 4 is 27.7 Å². The molecule has 0 aliphatic heterocycles. The zero-order chi connectivity index (χ0) is 12.6. The normalized spacial score (nSPS) is 11.8. The molecule has 2 nitrogen and oxygen atoms in total. The number of rotatable bonds is 1. The fourth-order valence-electron chi connectivity index (χ4n) is 1.41. The molecule has 0 bridgehead atoms. The Morgan fingerprint density at radius 2 is 1.94 bits per heavy atom. The maximum Gasteiger partial charge on any atom is 0.416 e. The fourth-order valence-corrected chi connectivity index (χ4v) is 1.51. The van der Waals surface area contributed by atoms with Gasteiger partial charge in [0.25, 0.3) is 5.24 Å². The number of fused-ring (bicyclic) bond motifs is 1. The van der Waals surface area contributed by atoms with E-state index in [1.54, 1.807) is 0 Å². The molecule has 0 fully saturated rings. The molecular formula is C11H5ClF3NO. The van der Waals surface area contributed by atoms with Crippen LogP contribution in [0.3, 0.4) is 0 Å². The second-order valence-electron chi connectivity index (χ2n) is 3.40. The molecule has 0 amide bonds. The summed E-state index contributed by atoms with van der Waals surface area (Å²) in [5.41, 5.74) is -0.456. The molecule has 1 heterocycles. The van der Waals surface area contributed by atoms with E-state index in [0.29, 0.717) is 5.39 Å². The molecule has 0 spiro atoms. The maximum absolute atomic E-state index is 12.4. The van der Waals surface area contributed by atoms with Crippen LogP contribution in [-0.2, 0) is 6.18 Å². The van der Waals surface area contributed by atoms with Crippen molar-refractivity contribution in [3.63, 3.8) is 0 Å². The first-order valence-electron chi connectivity index (χ1n) is 4.55. The largest absolute Gasteiger partial charge is 0.416 e. The summed E-state index contributed by atoms with van der Waals surface area (Å²) in [5.74, 6) is 0. The average Bonchev–Trinajstić information content (AvgIpc) is 2.26. The summed E-state index contributed by atoms with van der Waals surface area (Å²) in [5, 5.41) is -0.260. The van der Waals surface area contributed by atoms with Gasteiger partial charge in [-0.2, -0.15) is 13.2 Å². The van der Waals surface area contributed by atoms with Crippen LogP contribution >= 0.6 is 11.6 Å². The van der Waals surface area contributed by atoms with Gasteiger partial charge in [-0.1, -0.05) is 6.07 Å².